The predicted molar refractivity (Wildman–Crippen MR) is 97.6 cm³/mol. The highest BCUT2D eigenvalue weighted by Gasteiger charge is 2.26. The highest BCUT2D eigenvalue weighted by atomic mass is 16.1. The molecule has 2 aliphatic rings. The second kappa shape index (κ2) is 9.17. The van der Waals surface area contributed by atoms with Gasteiger partial charge < -0.3 is 9.80 Å². The van der Waals surface area contributed by atoms with E-state index in [4.69, 9.17) is 0 Å². The van der Waals surface area contributed by atoms with Crippen LogP contribution in [0.3, 0.4) is 0 Å². The Morgan fingerprint density at radius 3 is 1.78 bits per heavy atom. The average Bonchev–Trinajstić information content (AvgIpc) is 2.55. The van der Waals surface area contributed by atoms with Crippen molar-refractivity contribution in [2.75, 3.05) is 39.3 Å². The Bertz CT molecular complexity index is 351. The van der Waals surface area contributed by atoms with Gasteiger partial charge in [-0.1, -0.05) is 27.7 Å². The van der Waals surface area contributed by atoms with Crippen LogP contribution in [0.15, 0.2) is 0 Å². The molecular weight excluding hydrogens is 284 g/mol. The summed E-state index contributed by atoms with van der Waals surface area (Å²) in [5.74, 6) is 2.83. The molecule has 2 saturated heterocycles. The molecule has 0 aromatic rings. The van der Waals surface area contributed by atoms with Gasteiger partial charge in [-0.2, -0.15) is 0 Å². The fourth-order valence-corrected chi connectivity index (χ4v) is 4.27. The Hall–Kier alpha value is -0.410. The number of carbonyl (C=O) groups excluding carboxylic acids is 1. The number of rotatable bonds is 7. The van der Waals surface area contributed by atoms with Crippen molar-refractivity contribution in [2.45, 2.75) is 59.8 Å². The molecule has 0 saturated carbocycles. The van der Waals surface area contributed by atoms with Crippen molar-refractivity contribution in [1.82, 2.24) is 9.80 Å². The molecule has 0 aromatic heterocycles. The van der Waals surface area contributed by atoms with Gasteiger partial charge in [0.1, 0.15) is 5.78 Å². The monoisotopic (exact) mass is 322 g/mol. The van der Waals surface area contributed by atoms with E-state index in [0.717, 1.165) is 37.8 Å². The summed E-state index contributed by atoms with van der Waals surface area (Å²) in [5.41, 5.74) is 0. The maximum absolute atomic E-state index is 12.1. The largest absolute Gasteiger partial charge is 0.303 e. The van der Waals surface area contributed by atoms with E-state index >= 15 is 0 Å². The zero-order chi connectivity index (χ0) is 16.8. The summed E-state index contributed by atoms with van der Waals surface area (Å²) in [7, 11) is 0. The Balaban J connectivity index is 1.57. The van der Waals surface area contributed by atoms with Crippen LogP contribution in [-0.4, -0.2) is 54.9 Å². The third-order valence-corrected chi connectivity index (χ3v) is 6.08. The van der Waals surface area contributed by atoms with Crippen LogP contribution in [0.25, 0.3) is 0 Å². The Morgan fingerprint density at radius 1 is 0.870 bits per heavy atom. The average molecular weight is 323 g/mol. The van der Waals surface area contributed by atoms with Gasteiger partial charge >= 0.3 is 0 Å². The van der Waals surface area contributed by atoms with Gasteiger partial charge in [0, 0.05) is 11.8 Å². The summed E-state index contributed by atoms with van der Waals surface area (Å²) in [4.78, 5) is 17.3. The first kappa shape index (κ1) is 18.9. The van der Waals surface area contributed by atoms with E-state index in [-0.39, 0.29) is 5.92 Å². The number of hydrogen-bond donors (Lipinski definition) is 0. The van der Waals surface area contributed by atoms with Crippen LogP contribution in [0.4, 0.5) is 0 Å². The van der Waals surface area contributed by atoms with Gasteiger partial charge in [0.05, 0.1) is 0 Å². The molecule has 0 spiro atoms. The summed E-state index contributed by atoms with van der Waals surface area (Å²) in [6, 6.07) is 0. The minimum atomic E-state index is 0.209. The number of likely N-dealkylation sites (tertiary alicyclic amines) is 2. The minimum Gasteiger partial charge on any atom is -0.303 e. The lowest BCUT2D eigenvalue weighted by molar-refractivity contribution is -0.127. The van der Waals surface area contributed by atoms with Crippen molar-refractivity contribution in [3.05, 3.63) is 0 Å². The first-order valence-corrected chi connectivity index (χ1v) is 9.95. The first-order chi connectivity index (χ1) is 11.0. The van der Waals surface area contributed by atoms with Crippen LogP contribution in [0.2, 0.25) is 0 Å². The fraction of sp³-hybridized carbons (Fsp3) is 0.950. The van der Waals surface area contributed by atoms with Crippen molar-refractivity contribution in [2.24, 2.45) is 23.7 Å². The second-order valence-corrected chi connectivity index (χ2v) is 8.45. The molecular formula is C20H38N2O. The molecule has 0 bridgehead atoms. The highest BCUT2D eigenvalue weighted by molar-refractivity contribution is 5.82. The van der Waals surface area contributed by atoms with Crippen LogP contribution in [0.5, 0.6) is 0 Å². The van der Waals surface area contributed by atoms with E-state index in [1.54, 1.807) is 0 Å². The van der Waals surface area contributed by atoms with E-state index in [1.807, 2.05) is 13.8 Å². The Labute approximate surface area is 143 Å². The normalized spacial score (nSPS) is 23.0. The lowest BCUT2D eigenvalue weighted by Crippen LogP contribution is -2.40. The number of nitrogens with zero attached hydrogens (tertiary/aromatic N) is 2. The summed E-state index contributed by atoms with van der Waals surface area (Å²) in [5, 5.41) is 0. The SMILES string of the molecule is CC(C)C(=O)C1CCN(CCCN2CCC(C(C)C)CC2)CC1. The van der Waals surface area contributed by atoms with Crippen molar-refractivity contribution in [3.8, 4) is 0 Å². The molecule has 0 atom stereocenters. The minimum absolute atomic E-state index is 0.209. The quantitative estimate of drug-likeness (QED) is 0.714. The zero-order valence-corrected chi connectivity index (χ0v) is 15.9. The van der Waals surface area contributed by atoms with Crippen molar-refractivity contribution in [3.63, 3.8) is 0 Å². The summed E-state index contributed by atoms with van der Waals surface area (Å²) >= 11 is 0. The van der Waals surface area contributed by atoms with Crippen LogP contribution in [0.1, 0.15) is 59.8 Å². The maximum atomic E-state index is 12.1. The lowest BCUT2D eigenvalue weighted by Gasteiger charge is -2.35. The van der Waals surface area contributed by atoms with Crippen molar-refractivity contribution < 1.29 is 4.79 Å². The Morgan fingerprint density at radius 2 is 1.35 bits per heavy atom. The number of hydrogen-bond acceptors (Lipinski definition) is 3. The molecule has 3 nitrogen and oxygen atoms in total. The summed E-state index contributed by atoms with van der Waals surface area (Å²) < 4.78 is 0. The third kappa shape index (κ3) is 5.86. The van der Waals surface area contributed by atoms with Gasteiger partial charge in [-0.05, 0) is 83.2 Å². The van der Waals surface area contributed by atoms with E-state index in [2.05, 4.69) is 23.6 Å². The van der Waals surface area contributed by atoms with E-state index < -0.39 is 0 Å². The second-order valence-electron chi connectivity index (χ2n) is 8.45. The van der Waals surface area contributed by atoms with Crippen LogP contribution in [0, 0.1) is 23.7 Å². The molecule has 0 amide bonds. The van der Waals surface area contributed by atoms with Gasteiger partial charge in [0.25, 0.3) is 0 Å². The van der Waals surface area contributed by atoms with E-state index in [9.17, 15) is 4.79 Å². The summed E-state index contributed by atoms with van der Waals surface area (Å²) in [6.45, 7) is 16.1. The molecule has 2 heterocycles. The first-order valence-electron chi connectivity index (χ1n) is 9.95. The molecule has 3 heteroatoms. The van der Waals surface area contributed by atoms with Gasteiger partial charge in [-0.3, -0.25) is 4.79 Å². The van der Waals surface area contributed by atoms with Crippen LogP contribution >= 0.6 is 0 Å². The van der Waals surface area contributed by atoms with E-state index in [0.29, 0.717) is 11.7 Å². The fourth-order valence-electron chi connectivity index (χ4n) is 4.27. The Kier molecular flexibility index (Phi) is 7.55. The van der Waals surface area contributed by atoms with Gasteiger partial charge in [-0.25, -0.2) is 0 Å². The van der Waals surface area contributed by atoms with E-state index in [1.165, 1.54) is 45.4 Å². The van der Waals surface area contributed by atoms with Crippen LogP contribution in [-0.2, 0) is 4.79 Å². The molecule has 2 aliphatic heterocycles. The van der Waals surface area contributed by atoms with Gasteiger partial charge in [0.2, 0.25) is 0 Å². The topological polar surface area (TPSA) is 23.6 Å². The molecule has 2 fully saturated rings. The smallest absolute Gasteiger partial charge is 0.138 e. The highest BCUT2D eigenvalue weighted by Crippen LogP contribution is 2.25. The molecule has 23 heavy (non-hydrogen) atoms. The molecule has 0 unspecified atom stereocenters. The molecule has 2 rings (SSSR count). The lowest BCUT2D eigenvalue weighted by atomic mass is 9.86. The zero-order valence-electron chi connectivity index (χ0n) is 15.9. The number of piperidine rings is 2. The van der Waals surface area contributed by atoms with Gasteiger partial charge in [-0.15, -0.1) is 0 Å². The number of carbonyl (C=O) groups is 1. The van der Waals surface area contributed by atoms with Gasteiger partial charge in [0.15, 0.2) is 0 Å². The molecule has 134 valence electrons. The molecule has 0 aromatic carbocycles. The van der Waals surface area contributed by atoms with Crippen molar-refractivity contribution in [1.29, 1.82) is 0 Å². The summed E-state index contributed by atoms with van der Waals surface area (Å²) in [6.07, 6.45) is 6.23. The third-order valence-electron chi connectivity index (χ3n) is 6.08. The predicted octanol–water partition coefficient (Wildman–Crippen LogP) is 3.68. The molecule has 0 aliphatic carbocycles. The maximum Gasteiger partial charge on any atom is 0.138 e. The van der Waals surface area contributed by atoms with Crippen molar-refractivity contribution >= 4 is 5.78 Å². The molecule has 0 radical (unpaired) electrons. The number of Topliss-reactive ketones (excluding diaryl/α,β-unsaturated/α-hetero) is 1. The molecule has 0 N–H and O–H groups in total. The standard InChI is InChI=1S/C20H38N2O/c1-16(2)18-6-12-21(13-7-18)10-5-11-22-14-8-19(9-15-22)20(23)17(3)4/h16-19H,5-15H2,1-4H3. The van der Waals surface area contributed by atoms with Crippen LogP contribution < -0.4 is 0 Å². The number of ketones is 1.